The molecule has 2 aromatic rings. The van der Waals surface area contributed by atoms with Gasteiger partial charge < -0.3 is 4.74 Å². The molecule has 7 heteroatoms. The molecule has 0 unspecified atom stereocenters. The lowest BCUT2D eigenvalue weighted by atomic mass is 9.83. The molecule has 0 spiro atoms. The summed E-state index contributed by atoms with van der Waals surface area (Å²) in [6.07, 6.45) is 3.80. The van der Waals surface area contributed by atoms with Gasteiger partial charge in [0.1, 0.15) is 4.90 Å². The zero-order chi connectivity index (χ0) is 18.9. The molecule has 1 fully saturated rings. The van der Waals surface area contributed by atoms with E-state index in [1.54, 1.807) is 0 Å². The summed E-state index contributed by atoms with van der Waals surface area (Å²) in [5.74, 6) is 0.507. The lowest BCUT2D eigenvalue weighted by Crippen LogP contribution is -2.20. The van der Waals surface area contributed by atoms with Crippen LogP contribution in [0.1, 0.15) is 42.7 Å². The zero-order valence-corrected chi connectivity index (χ0v) is 14.9. The van der Waals surface area contributed by atoms with Gasteiger partial charge in [-0.1, -0.05) is 61.9 Å². The third-order valence-corrected chi connectivity index (χ3v) is 5.96. The van der Waals surface area contributed by atoms with Crippen LogP contribution < -0.4 is 0 Å². The first-order chi connectivity index (χ1) is 12.0. The Morgan fingerprint density at radius 1 is 0.769 bits per heavy atom. The summed E-state index contributed by atoms with van der Waals surface area (Å²) in [5.41, 5.74) is 1.78. The van der Waals surface area contributed by atoms with E-state index >= 15 is 0 Å². The van der Waals surface area contributed by atoms with Crippen LogP contribution >= 0.6 is 10.2 Å². The second-order valence-electron chi connectivity index (χ2n) is 6.81. The Morgan fingerprint density at radius 2 is 1.35 bits per heavy atom. The molecule has 0 aromatic heterocycles. The van der Waals surface area contributed by atoms with Gasteiger partial charge in [-0.25, -0.2) is 0 Å². The average molecular weight is 392 g/mol. The van der Waals surface area contributed by atoms with E-state index in [0.717, 1.165) is 37.8 Å². The Labute approximate surface area is 149 Å². The van der Waals surface area contributed by atoms with Crippen LogP contribution in [-0.2, 0) is 11.3 Å². The summed E-state index contributed by atoms with van der Waals surface area (Å²) in [4.78, 5) is -1.86. The topological polar surface area (TPSA) is 9.23 Å². The van der Waals surface area contributed by atoms with E-state index in [1.807, 2.05) is 18.2 Å². The highest BCUT2D eigenvalue weighted by atomic mass is 32.5. The van der Waals surface area contributed by atoms with E-state index in [0.29, 0.717) is 23.6 Å². The summed E-state index contributed by atoms with van der Waals surface area (Å²) >= 11 is 0. The molecule has 0 saturated heterocycles. The number of benzene rings is 2. The van der Waals surface area contributed by atoms with Crippen molar-refractivity contribution in [2.45, 2.75) is 49.2 Å². The second kappa shape index (κ2) is 6.23. The summed E-state index contributed by atoms with van der Waals surface area (Å²) in [7, 11) is -9.60. The number of hydrogen-bond donors (Lipinski definition) is 0. The third kappa shape index (κ3) is 4.98. The van der Waals surface area contributed by atoms with E-state index in [4.69, 9.17) is 4.74 Å². The van der Waals surface area contributed by atoms with Gasteiger partial charge in [0.05, 0.1) is 12.7 Å². The lowest BCUT2D eigenvalue weighted by molar-refractivity contribution is 0.0133. The summed E-state index contributed by atoms with van der Waals surface area (Å²) in [6, 6.07) is 13.3. The minimum Gasteiger partial charge on any atom is -0.374 e. The molecule has 26 heavy (non-hydrogen) atoms. The van der Waals surface area contributed by atoms with Gasteiger partial charge in [-0.2, -0.15) is 0 Å². The first-order valence-electron chi connectivity index (χ1n) is 8.51. The molecule has 2 aromatic carbocycles. The highest BCUT2D eigenvalue weighted by molar-refractivity contribution is 8.45. The van der Waals surface area contributed by atoms with Gasteiger partial charge in [-0.3, -0.25) is 0 Å². The number of halogens is 5. The Kier molecular flexibility index (Phi) is 4.60. The van der Waals surface area contributed by atoms with Crippen LogP contribution in [0, 0.1) is 0 Å². The van der Waals surface area contributed by atoms with E-state index < -0.39 is 15.1 Å². The maximum Gasteiger partial charge on any atom is 0.310 e. The molecule has 144 valence electrons. The van der Waals surface area contributed by atoms with Crippen molar-refractivity contribution in [2.75, 3.05) is 0 Å². The molecule has 0 heterocycles. The van der Waals surface area contributed by atoms with E-state index in [9.17, 15) is 19.4 Å². The van der Waals surface area contributed by atoms with Crippen LogP contribution in [0.3, 0.4) is 0 Å². The predicted molar refractivity (Wildman–Crippen MR) is 94.1 cm³/mol. The van der Waals surface area contributed by atoms with E-state index in [2.05, 4.69) is 12.1 Å². The van der Waals surface area contributed by atoms with Gasteiger partial charge in [-0.05, 0) is 54.9 Å². The summed E-state index contributed by atoms with van der Waals surface area (Å²) in [5, 5.41) is 0. The Bertz CT molecular complexity index is 735. The molecule has 0 radical (unpaired) electrons. The highest BCUT2D eigenvalue weighted by Crippen LogP contribution is 3.02. The fourth-order valence-corrected chi connectivity index (χ4v) is 4.00. The number of rotatable bonds is 5. The Morgan fingerprint density at radius 3 is 1.88 bits per heavy atom. The minimum atomic E-state index is -9.60. The van der Waals surface area contributed by atoms with Crippen LogP contribution in [0.15, 0.2) is 59.5 Å². The Hall–Kier alpha value is -1.60. The van der Waals surface area contributed by atoms with Crippen LogP contribution in [0.5, 0.6) is 0 Å². The molecule has 1 saturated carbocycles. The monoisotopic (exact) mass is 392 g/mol. The van der Waals surface area contributed by atoms with Crippen LogP contribution in [0.2, 0.25) is 0 Å². The number of ether oxygens (including phenoxy) is 1. The van der Waals surface area contributed by atoms with Gasteiger partial charge >= 0.3 is 10.2 Å². The Balaban J connectivity index is 1.52. The standard InChI is InChI=1S/C19H21F5OS/c20-26(21,22,23,24)19-12-6-15(7-13-19)14-25-18-10-8-17(9-11-18)16-4-2-1-3-5-16/h1-7,12-13,17-18H,8-11,14H2. The van der Waals surface area contributed by atoms with E-state index in [-0.39, 0.29) is 12.7 Å². The van der Waals surface area contributed by atoms with Crippen molar-refractivity contribution < 1.29 is 24.2 Å². The van der Waals surface area contributed by atoms with Gasteiger partial charge in [0.25, 0.3) is 0 Å². The van der Waals surface area contributed by atoms with Crippen molar-refractivity contribution in [3.8, 4) is 0 Å². The molecule has 0 bridgehead atoms. The molecule has 0 N–H and O–H groups in total. The van der Waals surface area contributed by atoms with Crippen molar-refractivity contribution in [3.05, 3.63) is 65.7 Å². The van der Waals surface area contributed by atoms with Crippen LogP contribution in [0.25, 0.3) is 0 Å². The first kappa shape index (κ1) is 19.2. The fraction of sp³-hybridized carbons (Fsp3) is 0.368. The number of hydrogen-bond acceptors (Lipinski definition) is 1. The fourth-order valence-electron chi connectivity index (χ4n) is 3.34. The van der Waals surface area contributed by atoms with Gasteiger partial charge in [0.2, 0.25) is 0 Å². The molecule has 1 aliphatic carbocycles. The largest absolute Gasteiger partial charge is 0.374 e. The average Bonchev–Trinajstić information content (AvgIpc) is 2.60. The SMILES string of the molecule is FS(F)(F)(F)(F)c1ccc(COC2CCC(c3ccccc3)CC2)cc1. The second-order valence-corrected chi connectivity index (χ2v) is 9.22. The van der Waals surface area contributed by atoms with Crippen LogP contribution in [-0.4, -0.2) is 6.10 Å². The maximum absolute atomic E-state index is 12.7. The molecular weight excluding hydrogens is 371 g/mol. The predicted octanol–water partition coefficient (Wildman–Crippen LogP) is 7.59. The summed E-state index contributed by atoms with van der Waals surface area (Å²) < 4.78 is 69.3. The normalized spacial score (nSPS) is 23.9. The van der Waals surface area contributed by atoms with E-state index in [1.165, 1.54) is 5.56 Å². The van der Waals surface area contributed by atoms with Crippen molar-refractivity contribution in [3.63, 3.8) is 0 Å². The molecule has 0 aliphatic heterocycles. The third-order valence-electron chi connectivity index (χ3n) is 4.80. The van der Waals surface area contributed by atoms with Crippen LogP contribution in [0.4, 0.5) is 19.4 Å². The smallest absolute Gasteiger partial charge is 0.310 e. The highest BCUT2D eigenvalue weighted by Gasteiger charge is 2.65. The van der Waals surface area contributed by atoms with Crippen molar-refractivity contribution in [1.82, 2.24) is 0 Å². The van der Waals surface area contributed by atoms with Gasteiger partial charge in [-0.15, -0.1) is 0 Å². The molecule has 3 rings (SSSR count). The quantitative estimate of drug-likeness (QED) is 0.476. The van der Waals surface area contributed by atoms with Crippen molar-refractivity contribution >= 4 is 10.2 Å². The molecular formula is C19H21F5OS. The molecule has 1 aliphatic rings. The molecule has 0 atom stereocenters. The molecule has 0 amide bonds. The molecule has 1 nitrogen and oxygen atoms in total. The maximum atomic E-state index is 12.7. The zero-order valence-electron chi connectivity index (χ0n) is 14.1. The van der Waals surface area contributed by atoms with Gasteiger partial charge in [0, 0.05) is 0 Å². The van der Waals surface area contributed by atoms with Crippen molar-refractivity contribution in [1.29, 1.82) is 0 Å². The minimum absolute atomic E-state index is 0.0465. The first-order valence-corrected chi connectivity index (χ1v) is 10.5. The van der Waals surface area contributed by atoms with Crippen molar-refractivity contribution in [2.24, 2.45) is 0 Å². The lowest BCUT2D eigenvalue weighted by Gasteiger charge is -2.40. The van der Waals surface area contributed by atoms with Gasteiger partial charge in [0.15, 0.2) is 0 Å². The summed E-state index contributed by atoms with van der Waals surface area (Å²) in [6.45, 7) is 0.126.